The monoisotopic (exact) mass is 465 g/mol. The molecule has 1 aromatic carbocycles. The number of imidazole rings is 1. The van der Waals surface area contributed by atoms with Crippen molar-refractivity contribution in [2.24, 2.45) is 5.92 Å². The fraction of sp³-hybridized carbons (Fsp3) is 0.522. The highest BCUT2D eigenvalue weighted by Crippen LogP contribution is 2.36. The Balaban J connectivity index is 1.11. The number of benzene rings is 1. The van der Waals surface area contributed by atoms with Gasteiger partial charge in [0.25, 0.3) is 0 Å². The van der Waals surface area contributed by atoms with Gasteiger partial charge >= 0.3 is 6.01 Å². The number of rotatable bonds is 6. The van der Waals surface area contributed by atoms with Crippen molar-refractivity contribution < 1.29 is 19.0 Å². The summed E-state index contributed by atoms with van der Waals surface area (Å²) in [6.07, 6.45) is 10.2. The van der Waals surface area contributed by atoms with Gasteiger partial charge in [-0.15, -0.1) is 0 Å². The standard InChI is InChI=1S/C23H27N7O4/c31-22(15-4-2-1-3-5-15)25-18-12-32-21-19(13-33-20(18)21)30-23(26-27-28-30)34-17-8-6-16(7-9-17)29-11-10-24-14-29/h6-11,14-15,18-21H,1-5,12-13H2,(H,25,31)/t18-,19-,20+,21+/m0/s1. The lowest BCUT2D eigenvalue weighted by Crippen LogP contribution is -2.46. The van der Waals surface area contributed by atoms with Gasteiger partial charge in [-0.1, -0.05) is 24.4 Å². The van der Waals surface area contributed by atoms with E-state index in [1.165, 1.54) is 6.42 Å². The van der Waals surface area contributed by atoms with Crippen LogP contribution in [0.3, 0.4) is 0 Å². The molecule has 4 atom stereocenters. The molecule has 0 unspecified atom stereocenters. The molecule has 4 heterocycles. The summed E-state index contributed by atoms with van der Waals surface area (Å²) in [7, 11) is 0. The van der Waals surface area contributed by atoms with Crippen molar-refractivity contribution in [3.8, 4) is 17.4 Å². The van der Waals surface area contributed by atoms with Crippen LogP contribution in [0.1, 0.15) is 38.1 Å². The number of carbonyl (C=O) groups is 1. The van der Waals surface area contributed by atoms with Gasteiger partial charge in [0.1, 0.15) is 24.0 Å². The van der Waals surface area contributed by atoms with E-state index in [4.69, 9.17) is 14.2 Å². The summed E-state index contributed by atoms with van der Waals surface area (Å²) >= 11 is 0. The van der Waals surface area contributed by atoms with E-state index < -0.39 is 0 Å². The molecule has 2 aliphatic heterocycles. The number of amides is 1. The predicted octanol–water partition coefficient (Wildman–Crippen LogP) is 2.05. The highest BCUT2D eigenvalue weighted by molar-refractivity contribution is 5.79. The molecule has 1 aliphatic carbocycles. The Bertz CT molecular complexity index is 1110. The Morgan fingerprint density at radius 3 is 2.68 bits per heavy atom. The summed E-state index contributed by atoms with van der Waals surface area (Å²) in [5, 5.41) is 15.2. The number of ether oxygens (including phenoxy) is 3. The van der Waals surface area contributed by atoms with Crippen molar-refractivity contribution in [3.63, 3.8) is 0 Å². The molecule has 178 valence electrons. The molecule has 34 heavy (non-hydrogen) atoms. The minimum atomic E-state index is -0.258. The normalized spacial score (nSPS) is 26.9. The van der Waals surface area contributed by atoms with Gasteiger partial charge in [-0.05, 0) is 47.5 Å². The lowest BCUT2D eigenvalue weighted by molar-refractivity contribution is -0.127. The maximum atomic E-state index is 12.7. The van der Waals surface area contributed by atoms with Gasteiger partial charge < -0.3 is 24.1 Å². The van der Waals surface area contributed by atoms with Gasteiger partial charge in [-0.2, -0.15) is 4.68 Å². The number of tetrazole rings is 1. The first kappa shape index (κ1) is 21.2. The van der Waals surface area contributed by atoms with E-state index in [1.807, 2.05) is 35.0 Å². The van der Waals surface area contributed by atoms with Crippen molar-refractivity contribution in [1.29, 1.82) is 0 Å². The van der Waals surface area contributed by atoms with Crippen LogP contribution in [0.25, 0.3) is 5.69 Å². The molecular formula is C23H27N7O4. The number of hydrogen-bond acceptors (Lipinski definition) is 8. The molecule has 1 saturated carbocycles. The van der Waals surface area contributed by atoms with Crippen LogP contribution in [0.5, 0.6) is 11.8 Å². The van der Waals surface area contributed by atoms with Crippen molar-refractivity contribution in [2.45, 2.75) is 56.4 Å². The summed E-state index contributed by atoms with van der Waals surface area (Å²) in [6, 6.07) is 7.43. The Labute approximate surface area is 196 Å². The molecule has 3 aliphatic rings. The summed E-state index contributed by atoms with van der Waals surface area (Å²) in [4.78, 5) is 16.8. The van der Waals surface area contributed by atoms with Gasteiger partial charge in [0.15, 0.2) is 0 Å². The first-order chi connectivity index (χ1) is 16.8. The van der Waals surface area contributed by atoms with Crippen LogP contribution in [0.4, 0.5) is 0 Å². The fourth-order valence-corrected chi connectivity index (χ4v) is 5.14. The van der Waals surface area contributed by atoms with Gasteiger partial charge in [0.05, 0.1) is 25.6 Å². The van der Waals surface area contributed by atoms with E-state index in [0.717, 1.165) is 31.4 Å². The van der Waals surface area contributed by atoms with Crippen molar-refractivity contribution in [2.75, 3.05) is 13.2 Å². The van der Waals surface area contributed by atoms with Gasteiger partial charge in [0.2, 0.25) is 5.91 Å². The highest BCUT2D eigenvalue weighted by Gasteiger charge is 2.50. The Morgan fingerprint density at radius 2 is 1.88 bits per heavy atom. The second-order valence-electron chi connectivity index (χ2n) is 9.09. The molecule has 6 rings (SSSR count). The largest absolute Gasteiger partial charge is 0.423 e. The van der Waals surface area contributed by atoms with Gasteiger partial charge in [0, 0.05) is 24.0 Å². The minimum Gasteiger partial charge on any atom is -0.423 e. The van der Waals surface area contributed by atoms with Crippen LogP contribution in [0.15, 0.2) is 43.0 Å². The molecule has 2 aromatic heterocycles. The lowest BCUT2D eigenvalue weighted by Gasteiger charge is -2.24. The third-order valence-corrected chi connectivity index (χ3v) is 6.96. The molecule has 0 bridgehead atoms. The van der Waals surface area contributed by atoms with Gasteiger partial charge in [-0.25, -0.2) is 4.98 Å². The number of hydrogen-bond donors (Lipinski definition) is 1. The number of aromatic nitrogens is 6. The molecule has 11 nitrogen and oxygen atoms in total. The van der Waals surface area contributed by atoms with Crippen LogP contribution in [-0.4, -0.2) is 67.1 Å². The maximum Gasteiger partial charge on any atom is 0.341 e. The number of nitrogens with one attached hydrogen (secondary N) is 1. The highest BCUT2D eigenvalue weighted by atomic mass is 16.6. The second-order valence-corrected chi connectivity index (χ2v) is 9.09. The Morgan fingerprint density at radius 1 is 1.06 bits per heavy atom. The topological polar surface area (TPSA) is 118 Å². The fourth-order valence-electron chi connectivity index (χ4n) is 5.14. The van der Waals surface area contributed by atoms with Crippen LogP contribution in [0, 0.1) is 5.92 Å². The maximum absolute atomic E-state index is 12.7. The number of nitrogens with zero attached hydrogens (tertiary/aromatic N) is 6. The molecule has 1 amide bonds. The zero-order chi connectivity index (χ0) is 22.9. The van der Waals surface area contributed by atoms with Crippen molar-refractivity contribution in [3.05, 3.63) is 43.0 Å². The smallest absolute Gasteiger partial charge is 0.341 e. The molecule has 3 aromatic rings. The van der Waals surface area contributed by atoms with Crippen LogP contribution < -0.4 is 10.1 Å². The first-order valence-corrected chi connectivity index (χ1v) is 11.8. The SMILES string of the molecule is O=C(N[C@H]1CO[C@H]2[C@@H]1OC[C@@H]2n1nnnc1Oc1ccc(-n2ccnc2)cc1)C1CCCCC1. The van der Waals surface area contributed by atoms with E-state index in [9.17, 15) is 4.79 Å². The predicted molar refractivity (Wildman–Crippen MR) is 118 cm³/mol. The Hall–Kier alpha value is -3.31. The molecule has 0 spiro atoms. The van der Waals surface area contributed by atoms with Crippen LogP contribution >= 0.6 is 0 Å². The van der Waals surface area contributed by atoms with Crippen molar-refractivity contribution in [1.82, 2.24) is 35.1 Å². The zero-order valence-electron chi connectivity index (χ0n) is 18.7. The molecule has 0 radical (unpaired) electrons. The molecule has 1 N–H and O–H groups in total. The van der Waals surface area contributed by atoms with E-state index in [2.05, 4.69) is 25.8 Å². The summed E-state index contributed by atoms with van der Waals surface area (Å²) < 4.78 is 21.6. The van der Waals surface area contributed by atoms with Gasteiger partial charge in [-0.3, -0.25) is 4.79 Å². The van der Waals surface area contributed by atoms with E-state index in [1.54, 1.807) is 17.2 Å². The minimum absolute atomic E-state index is 0.102. The van der Waals surface area contributed by atoms with E-state index in [0.29, 0.717) is 19.0 Å². The molecule has 11 heteroatoms. The van der Waals surface area contributed by atoms with Crippen molar-refractivity contribution >= 4 is 5.91 Å². The average Bonchev–Trinajstić information content (AvgIpc) is 3.67. The molecular weight excluding hydrogens is 438 g/mol. The first-order valence-electron chi connectivity index (χ1n) is 11.8. The lowest BCUT2D eigenvalue weighted by atomic mass is 9.88. The summed E-state index contributed by atoms with van der Waals surface area (Å²) in [5.41, 5.74) is 0.970. The quantitative estimate of drug-likeness (QED) is 0.588. The number of fused-ring (bicyclic) bond motifs is 1. The molecule has 2 saturated heterocycles. The average molecular weight is 466 g/mol. The third-order valence-electron chi connectivity index (χ3n) is 6.96. The zero-order valence-corrected chi connectivity index (χ0v) is 18.7. The Kier molecular flexibility index (Phi) is 5.71. The van der Waals surface area contributed by atoms with E-state index >= 15 is 0 Å². The molecule has 3 fully saturated rings. The van der Waals surface area contributed by atoms with E-state index in [-0.39, 0.29) is 42.1 Å². The van der Waals surface area contributed by atoms with Crippen LogP contribution in [0.2, 0.25) is 0 Å². The number of carbonyl (C=O) groups excluding carboxylic acids is 1. The summed E-state index contributed by atoms with van der Waals surface area (Å²) in [6.45, 7) is 0.796. The second kappa shape index (κ2) is 9.15. The summed E-state index contributed by atoms with van der Waals surface area (Å²) in [5.74, 6) is 0.830. The van der Waals surface area contributed by atoms with Crippen LogP contribution in [-0.2, 0) is 14.3 Å². The third kappa shape index (κ3) is 4.05.